The SMILES string of the molecule is FC(F)(F)SOc1ccc2ncc(N3CCOCC3)cc2c1. The zero-order chi connectivity index (χ0) is 15.6. The molecule has 1 aromatic carbocycles. The molecule has 1 aliphatic heterocycles. The topological polar surface area (TPSA) is 34.6 Å². The molecule has 4 nitrogen and oxygen atoms in total. The second-order valence-corrected chi connectivity index (χ2v) is 5.56. The molecule has 2 aromatic rings. The molecule has 3 rings (SSSR count). The fourth-order valence-corrected chi connectivity index (χ4v) is 2.53. The number of benzene rings is 1. The number of alkyl halides is 3. The Labute approximate surface area is 129 Å². The number of hydrogen-bond donors (Lipinski definition) is 0. The van der Waals surface area contributed by atoms with Crippen molar-refractivity contribution in [2.75, 3.05) is 31.2 Å². The molecule has 0 unspecified atom stereocenters. The summed E-state index contributed by atoms with van der Waals surface area (Å²) in [5.41, 5.74) is -2.79. The summed E-state index contributed by atoms with van der Waals surface area (Å²) < 4.78 is 46.5. The lowest BCUT2D eigenvalue weighted by atomic mass is 10.2. The molecule has 1 aliphatic rings. The van der Waals surface area contributed by atoms with E-state index in [-0.39, 0.29) is 5.75 Å². The highest BCUT2D eigenvalue weighted by molar-refractivity contribution is 7.95. The zero-order valence-corrected chi connectivity index (χ0v) is 12.3. The summed E-state index contributed by atoms with van der Waals surface area (Å²) in [5, 5.41) is 0.740. The molecular formula is C14H13F3N2O2S. The van der Waals surface area contributed by atoms with E-state index in [9.17, 15) is 13.2 Å². The van der Waals surface area contributed by atoms with Crippen molar-refractivity contribution in [3.63, 3.8) is 0 Å². The first kappa shape index (κ1) is 15.2. The third-order valence-corrected chi connectivity index (χ3v) is 3.71. The lowest BCUT2D eigenvalue weighted by Crippen LogP contribution is -2.36. The lowest BCUT2D eigenvalue weighted by Gasteiger charge is -2.28. The first-order valence-corrected chi connectivity index (χ1v) is 7.40. The van der Waals surface area contributed by atoms with Gasteiger partial charge in [0.05, 0.1) is 30.6 Å². The number of anilines is 1. The van der Waals surface area contributed by atoms with Crippen LogP contribution in [0.2, 0.25) is 0 Å². The molecule has 0 spiro atoms. The van der Waals surface area contributed by atoms with E-state index in [4.69, 9.17) is 8.92 Å². The van der Waals surface area contributed by atoms with Gasteiger partial charge in [0, 0.05) is 18.5 Å². The van der Waals surface area contributed by atoms with Crippen LogP contribution in [0.4, 0.5) is 18.9 Å². The van der Waals surface area contributed by atoms with Crippen molar-refractivity contribution in [3.05, 3.63) is 30.5 Å². The van der Waals surface area contributed by atoms with Gasteiger partial charge >= 0.3 is 5.51 Å². The molecule has 1 saturated heterocycles. The van der Waals surface area contributed by atoms with Crippen molar-refractivity contribution >= 4 is 28.6 Å². The Balaban J connectivity index is 1.82. The number of fused-ring (bicyclic) bond motifs is 1. The van der Waals surface area contributed by atoms with E-state index in [0.29, 0.717) is 18.7 Å². The van der Waals surface area contributed by atoms with Gasteiger partial charge in [-0.25, -0.2) is 0 Å². The van der Waals surface area contributed by atoms with E-state index in [2.05, 4.69) is 9.88 Å². The minimum Gasteiger partial charge on any atom is -0.417 e. The Hall–Kier alpha value is -1.67. The minimum absolute atomic E-state index is 0.149. The molecule has 2 heterocycles. The number of rotatable bonds is 3. The van der Waals surface area contributed by atoms with Crippen LogP contribution in [-0.2, 0) is 4.74 Å². The maximum absolute atomic E-state index is 12.2. The van der Waals surface area contributed by atoms with Crippen LogP contribution < -0.4 is 9.08 Å². The standard InChI is InChI=1S/C14H13F3N2O2S/c15-14(16,17)22-21-12-1-2-13-10(8-12)7-11(9-18-13)19-3-5-20-6-4-19/h1-2,7-9H,3-6H2. The van der Waals surface area contributed by atoms with Crippen LogP contribution in [0.25, 0.3) is 10.9 Å². The summed E-state index contributed by atoms with van der Waals surface area (Å²) >= 11 is -0.520. The maximum atomic E-state index is 12.2. The largest absolute Gasteiger partial charge is 0.479 e. The molecule has 0 atom stereocenters. The predicted octanol–water partition coefficient (Wildman–Crippen LogP) is 3.62. The number of nitrogens with zero attached hydrogens (tertiary/aromatic N) is 2. The second-order valence-electron chi connectivity index (χ2n) is 4.76. The Bertz CT molecular complexity index is 660. The highest BCUT2D eigenvalue weighted by atomic mass is 32.2. The Morgan fingerprint density at radius 2 is 1.95 bits per heavy atom. The Kier molecular flexibility index (Phi) is 4.30. The van der Waals surface area contributed by atoms with Gasteiger partial charge in [-0.2, -0.15) is 13.2 Å². The predicted molar refractivity (Wildman–Crippen MR) is 79.0 cm³/mol. The summed E-state index contributed by atoms with van der Waals surface area (Å²) in [7, 11) is 0. The highest BCUT2D eigenvalue weighted by Gasteiger charge is 2.31. The molecular weight excluding hydrogens is 317 g/mol. The lowest BCUT2D eigenvalue weighted by molar-refractivity contribution is -0.0369. The number of halogens is 3. The van der Waals surface area contributed by atoms with Gasteiger partial charge in [-0.15, -0.1) is 0 Å². The monoisotopic (exact) mass is 330 g/mol. The fourth-order valence-electron chi connectivity index (χ4n) is 2.24. The van der Waals surface area contributed by atoms with Gasteiger partial charge in [-0.3, -0.25) is 4.98 Å². The molecule has 0 saturated carbocycles. The van der Waals surface area contributed by atoms with E-state index < -0.39 is 17.6 Å². The molecule has 0 aliphatic carbocycles. The van der Waals surface area contributed by atoms with E-state index in [1.54, 1.807) is 18.3 Å². The minimum atomic E-state index is -4.43. The Morgan fingerprint density at radius 1 is 1.18 bits per heavy atom. The van der Waals surface area contributed by atoms with Crippen molar-refractivity contribution in [1.82, 2.24) is 4.98 Å². The van der Waals surface area contributed by atoms with Gasteiger partial charge in [-0.1, -0.05) is 0 Å². The first-order chi connectivity index (χ1) is 10.5. The summed E-state index contributed by atoms with van der Waals surface area (Å²) in [6.07, 6.45) is 1.76. The van der Waals surface area contributed by atoms with E-state index >= 15 is 0 Å². The Morgan fingerprint density at radius 3 is 2.68 bits per heavy atom. The van der Waals surface area contributed by atoms with E-state index in [1.807, 2.05) is 6.07 Å². The van der Waals surface area contributed by atoms with Crippen LogP contribution in [0.1, 0.15) is 0 Å². The molecule has 22 heavy (non-hydrogen) atoms. The molecule has 1 fully saturated rings. The van der Waals surface area contributed by atoms with Crippen molar-refractivity contribution in [3.8, 4) is 5.75 Å². The van der Waals surface area contributed by atoms with E-state index in [0.717, 1.165) is 24.2 Å². The third kappa shape index (κ3) is 3.75. The van der Waals surface area contributed by atoms with Crippen LogP contribution in [0.15, 0.2) is 30.5 Å². The normalized spacial score (nSPS) is 16.0. The average molecular weight is 330 g/mol. The molecule has 8 heteroatoms. The quantitative estimate of drug-likeness (QED) is 0.803. The summed E-state index contributed by atoms with van der Waals surface area (Å²) in [4.78, 5) is 6.47. The summed E-state index contributed by atoms with van der Waals surface area (Å²) in [5.74, 6) is 0.149. The van der Waals surface area contributed by atoms with E-state index in [1.165, 1.54) is 6.07 Å². The molecule has 118 valence electrons. The van der Waals surface area contributed by atoms with Crippen LogP contribution in [0.5, 0.6) is 5.75 Å². The van der Waals surface area contributed by atoms with Gasteiger partial charge in [0.2, 0.25) is 0 Å². The molecule has 0 amide bonds. The van der Waals surface area contributed by atoms with Gasteiger partial charge in [0.25, 0.3) is 0 Å². The number of pyridine rings is 1. The number of aromatic nitrogens is 1. The molecule has 0 bridgehead atoms. The van der Waals surface area contributed by atoms with Crippen LogP contribution in [0.3, 0.4) is 0 Å². The first-order valence-electron chi connectivity index (χ1n) is 6.66. The van der Waals surface area contributed by atoms with Crippen LogP contribution in [0, 0.1) is 0 Å². The highest BCUT2D eigenvalue weighted by Crippen LogP contribution is 2.33. The van der Waals surface area contributed by atoms with Gasteiger partial charge in [0.15, 0.2) is 12.0 Å². The van der Waals surface area contributed by atoms with Crippen molar-refractivity contribution in [2.24, 2.45) is 0 Å². The molecule has 0 radical (unpaired) electrons. The molecule has 0 N–H and O–H groups in total. The van der Waals surface area contributed by atoms with Gasteiger partial charge < -0.3 is 13.8 Å². The third-order valence-electron chi connectivity index (χ3n) is 3.25. The maximum Gasteiger partial charge on any atom is 0.479 e. The summed E-state index contributed by atoms with van der Waals surface area (Å²) in [6, 6.07) is 6.58. The van der Waals surface area contributed by atoms with Gasteiger partial charge in [0.1, 0.15) is 5.75 Å². The van der Waals surface area contributed by atoms with Crippen molar-refractivity contribution in [1.29, 1.82) is 0 Å². The number of ether oxygens (including phenoxy) is 1. The fraction of sp³-hybridized carbons (Fsp3) is 0.357. The molecule has 1 aromatic heterocycles. The smallest absolute Gasteiger partial charge is 0.417 e. The number of morpholine rings is 1. The van der Waals surface area contributed by atoms with Crippen LogP contribution >= 0.6 is 12.0 Å². The van der Waals surface area contributed by atoms with Crippen molar-refractivity contribution in [2.45, 2.75) is 5.51 Å². The second kappa shape index (κ2) is 6.21. The van der Waals surface area contributed by atoms with Crippen LogP contribution in [-0.4, -0.2) is 36.8 Å². The van der Waals surface area contributed by atoms with Gasteiger partial charge in [-0.05, 0) is 24.3 Å². The zero-order valence-electron chi connectivity index (χ0n) is 11.5. The number of hydrogen-bond acceptors (Lipinski definition) is 5. The average Bonchev–Trinajstić information content (AvgIpc) is 2.52. The van der Waals surface area contributed by atoms with Crippen molar-refractivity contribution < 1.29 is 22.1 Å². The summed E-state index contributed by atoms with van der Waals surface area (Å²) in [6.45, 7) is 2.85.